The molecular formula is C15H23ClN2O. The highest BCUT2D eigenvalue weighted by Crippen LogP contribution is 2.27. The zero-order valence-corrected chi connectivity index (χ0v) is 12.7. The van der Waals surface area contributed by atoms with Gasteiger partial charge in [0, 0.05) is 30.3 Å². The molecule has 1 aliphatic heterocycles. The molecule has 1 aromatic carbocycles. The minimum absolute atomic E-state index is 0.259. The maximum Gasteiger partial charge on any atom is 0.0726 e. The fourth-order valence-electron chi connectivity index (χ4n) is 2.62. The van der Waals surface area contributed by atoms with E-state index in [0.29, 0.717) is 0 Å². The summed E-state index contributed by atoms with van der Waals surface area (Å²) in [5.74, 6) is 0. The molecule has 0 amide bonds. The first-order chi connectivity index (χ1) is 9.10. The van der Waals surface area contributed by atoms with Gasteiger partial charge in [-0.2, -0.15) is 0 Å². The number of hydrogen-bond donors (Lipinski definition) is 1. The molecule has 1 aromatic rings. The molecule has 0 saturated carbocycles. The molecule has 4 heteroatoms. The Morgan fingerprint density at radius 2 is 2.00 bits per heavy atom. The third-order valence-corrected chi connectivity index (χ3v) is 3.61. The van der Waals surface area contributed by atoms with Gasteiger partial charge in [0.1, 0.15) is 0 Å². The molecule has 106 valence electrons. The summed E-state index contributed by atoms with van der Waals surface area (Å²) in [5.41, 5.74) is 2.53. The van der Waals surface area contributed by atoms with Gasteiger partial charge in [-0.3, -0.25) is 0 Å². The van der Waals surface area contributed by atoms with Crippen LogP contribution in [0.4, 0.5) is 5.69 Å². The lowest BCUT2D eigenvalue weighted by Gasteiger charge is -2.38. The van der Waals surface area contributed by atoms with Crippen LogP contribution in [0.15, 0.2) is 18.2 Å². The second-order valence-electron chi connectivity index (χ2n) is 5.22. The highest BCUT2D eigenvalue weighted by Gasteiger charge is 2.23. The largest absolute Gasteiger partial charge is 0.372 e. The molecule has 0 aliphatic carbocycles. The van der Waals surface area contributed by atoms with E-state index in [1.54, 1.807) is 0 Å². The lowest BCUT2D eigenvalue weighted by Crippen LogP contribution is -2.46. The van der Waals surface area contributed by atoms with Gasteiger partial charge in [-0.1, -0.05) is 24.6 Å². The van der Waals surface area contributed by atoms with Crippen molar-refractivity contribution in [3.05, 3.63) is 28.8 Å². The third-order valence-electron chi connectivity index (χ3n) is 3.37. The second-order valence-corrected chi connectivity index (χ2v) is 5.65. The number of ether oxygens (including phenoxy) is 1. The Morgan fingerprint density at radius 3 is 2.63 bits per heavy atom. The minimum Gasteiger partial charge on any atom is -0.372 e. The van der Waals surface area contributed by atoms with Gasteiger partial charge in [0.15, 0.2) is 0 Å². The predicted octanol–water partition coefficient (Wildman–Crippen LogP) is 3.06. The van der Waals surface area contributed by atoms with Gasteiger partial charge in [-0.05, 0) is 38.1 Å². The first-order valence-corrected chi connectivity index (χ1v) is 7.37. The van der Waals surface area contributed by atoms with Crippen molar-refractivity contribution in [3.8, 4) is 0 Å². The molecule has 2 rings (SSSR count). The van der Waals surface area contributed by atoms with E-state index < -0.39 is 0 Å². The van der Waals surface area contributed by atoms with Crippen LogP contribution in [-0.4, -0.2) is 31.8 Å². The summed E-state index contributed by atoms with van der Waals surface area (Å²) >= 11 is 6.16. The predicted molar refractivity (Wildman–Crippen MR) is 81.1 cm³/mol. The van der Waals surface area contributed by atoms with E-state index in [1.165, 1.54) is 11.3 Å². The standard InChI is InChI=1S/C15H23ClN2O/c1-4-17-8-13-5-6-14(16)7-15(13)18-9-11(2)19-12(3)10-18/h5-7,11-12,17H,4,8-10H2,1-3H3/t11-,12+. The summed E-state index contributed by atoms with van der Waals surface area (Å²) in [4.78, 5) is 2.39. The summed E-state index contributed by atoms with van der Waals surface area (Å²) in [7, 11) is 0. The Balaban J connectivity index is 2.23. The van der Waals surface area contributed by atoms with E-state index in [1.807, 2.05) is 6.07 Å². The third kappa shape index (κ3) is 3.85. The number of nitrogens with one attached hydrogen (secondary N) is 1. The van der Waals surface area contributed by atoms with E-state index in [2.05, 4.69) is 43.1 Å². The van der Waals surface area contributed by atoms with Gasteiger partial charge in [-0.15, -0.1) is 0 Å². The van der Waals surface area contributed by atoms with Crippen LogP contribution in [0, 0.1) is 0 Å². The van der Waals surface area contributed by atoms with E-state index in [-0.39, 0.29) is 12.2 Å². The maximum absolute atomic E-state index is 6.16. The Morgan fingerprint density at radius 1 is 1.32 bits per heavy atom. The van der Waals surface area contributed by atoms with Crippen molar-refractivity contribution < 1.29 is 4.74 Å². The number of morpholine rings is 1. The molecule has 1 saturated heterocycles. The molecule has 3 nitrogen and oxygen atoms in total. The Kier molecular flexibility index (Phi) is 5.08. The smallest absolute Gasteiger partial charge is 0.0726 e. The average molecular weight is 283 g/mol. The number of rotatable bonds is 4. The second kappa shape index (κ2) is 6.60. The molecule has 0 bridgehead atoms. The van der Waals surface area contributed by atoms with Crippen LogP contribution in [0.25, 0.3) is 0 Å². The van der Waals surface area contributed by atoms with Gasteiger partial charge in [0.25, 0.3) is 0 Å². The molecule has 1 aliphatic rings. The number of halogens is 1. The first kappa shape index (κ1) is 14.6. The lowest BCUT2D eigenvalue weighted by molar-refractivity contribution is -0.00526. The van der Waals surface area contributed by atoms with Crippen molar-refractivity contribution in [2.45, 2.75) is 39.5 Å². The fourth-order valence-corrected chi connectivity index (χ4v) is 2.78. The van der Waals surface area contributed by atoms with E-state index in [9.17, 15) is 0 Å². The van der Waals surface area contributed by atoms with Crippen molar-refractivity contribution in [1.82, 2.24) is 5.32 Å². The molecule has 2 atom stereocenters. The van der Waals surface area contributed by atoms with Crippen molar-refractivity contribution in [2.24, 2.45) is 0 Å². The van der Waals surface area contributed by atoms with Crippen molar-refractivity contribution >= 4 is 17.3 Å². The number of hydrogen-bond acceptors (Lipinski definition) is 3. The fraction of sp³-hybridized carbons (Fsp3) is 0.600. The number of benzene rings is 1. The van der Waals surface area contributed by atoms with E-state index in [0.717, 1.165) is 31.2 Å². The highest BCUT2D eigenvalue weighted by molar-refractivity contribution is 6.30. The summed E-state index contributed by atoms with van der Waals surface area (Å²) in [6.07, 6.45) is 0.518. The Bertz CT molecular complexity index is 415. The van der Waals surface area contributed by atoms with E-state index in [4.69, 9.17) is 16.3 Å². The monoisotopic (exact) mass is 282 g/mol. The van der Waals surface area contributed by atoms with Crippen LogP contribution in [0.1, 0.15) is 26.3 Å². The summed E-state index contributed by atoms with van der Waals surface area (Å²) in [5, 5.41) is 4.18. The normalized spacial score (nSPS) is 23.7. The quantitative estimate of drug-likeness (QED) is 0.919. The van der Waals surface area contributed by atoms with Gasteiger partial charge in [-0.25, -0.2) is 0 Å². The van der Waals surface area contributed by atoms with Gasteiger partial charge >= 0.3 is 0 Å². The highest BCUT2D eigenvalue weighted by atomic mass is 35.5. The van der Waals surface area contributed by atoms with Gasteiger partial charge < -0.3 is 15.0 Å². The van der Waals surface area contributed by atoms with Gasteiger partial charge in [0.05, 0.1) is 12.2 Å². The minimum atomic E-state index is 0.259. The number of anilines is 1. The zero-order valence-electron chi connectivity index (χ0n) is 11.9. The average Bonchev–Trinajstić information content (AvgIpc) is 2.36. The maximum atomic E-state index is 6.16. The molecule has 1 heterocycles. The van der Waals surface area contributed by atoms with Crippen LogP contribution in [0.2, 0.25) is 5.02 Å². The SMILES string of the molecule is CCNCc1ccc(Cl)cc1N1C[C@@H](C)O[C@@H](C)C1. The summed E-state index contributed by atoms with van der Waals surface area (Å²) in [6.45, 7) is 10.1. The molecule has 19 heavy (non-hydrogen) atoms. The van der Waals surface area contributed by atoms with Crippen LogP contribution in [-0.2, 0) is 11.3 Å². The molecule has 0 spiro atoms. The molecular weight excluding hydrogens is 260 g/mol. The summed E-state index contributed by atoms with van der Waals surface area (Å²) < 4.78 is 5.80. The molecule has 0 aromatic heterocycles. The molecule has 0 unspecified atom stereocenters. The van der Waals surface area contributed by atoms with Crippen LogP contribution < -0.4 is 10.2 Å². The first-order valence-electron chi connectivity index (χ1n) is 6.99. The zero-order chi connectivity index (χ0) is 13.8. The van der Waals surface area contributed by atoms with Crippen molar-refractivity contribution in [3.63, 3.8) is 0 Å². The molecule has 1 N–H and O–H groups in total. The van der Waals surface area contributed by atoms with Crippen LogP contribution in [0.5, 0.6) is 0 Å². The van der Waals surface area contributed by atoms with Crippen LogP contribution in [0.3, 0.4) is 0 Å². The van der Waals surface area contributed by atoms with Crippen molar-refractivity contribution in [2.75, 3.05) is 24.5 Å². The van der Waals surface area contributed by atoms with Crippen molar-refractivity contribution in [1.29, 1.82) is 0 Å². The Hall–Kier alpha value is -0.770. The van der Waals surface area contributed by atoms with Crippen LogP contribution >= 0.6 is 11.6 Å². The molecule has 0 radical (unpaired) electrons. The Labute approximate surface area is 120 Å². The lowest BCUT2D eigenvalue weighted by atomic mass is 10.1. The van der Waals surface area contributed by atoms with E-state index >= 15 is 0 Å². The summed E-state index contributed by atoms with van der Waals surface area (Å²) in [6, 6.07) is 6.15. The topological polar surface area (TPSA) is 24.5 Å². The molecule has 1 fully saturated rings. The number of nitrogens with zero attached hydrogens (tertiary/aromatic N) is 1. The van der Waals surface area contributed by atoms with Gasteiger partial charge in [0.2, 0.25) is 0 Å².